The first-order valence-electron chi connectivity index (χ1n) is 5.82. The second-order valence-electron chi connectivity index (χ2n) is 4.62. The van der Waals surface area contributed by atoms with Crippen molar-refractivity contribution in [2.45, 2.75) is 18.7 Å². The van der Waals surface area contributed by atoms with Gasteiger partial charge in [0, 0.05) is 6.54 Å². The van der Waals surface area contributed by atoms with Crippen molar-refractivity contribution in [3.63, 3.8) is 0 Å². The third kappa shape index (κ3) is 4.34. The monoisotopic (exact) mass is 339 g/mol. The molecule has 0 fully saturated rings. The third-order valence-corrected chi connectivity index (χ3v) is 4.98. The van der Waals surface area contributed by atoms with E-state index in [0.29, 0.717) is 0 Å². The smallest absolute Gasteiger partial charge is 0.308 e. The number of carboxylic acids is 1. The largest absolute Gasteiger partial charge is 0.481 e. The molecule has 2 N–H and O–H groups in total. The first kappa shape index (κ1) is 17.2. The van der Waals surface area contributed by atoms with Crippen molar-refractivity contribution in [2.75, 3.05) is 6.54 Å². The molecule has 1 aromatic rings. The predicted molar refractivity (Wildman–Crippen MR) is 77.6 cm³/mol. The molecule has 20 heavy (non-hydrogen) atoms. The van der Waals surface area contributed by atoms with E-state index >= 15 is 0 Å². The Balaban J connectivity index is 2.89. The van der Waals surface area contributed by atoms with Gasteiger partial charge in [0.2, 0.25) is 10.0 Å². The van der Waals surface area contributed by atoms with Crippen molar-refractivity contribution in [1.29, 1.82) is 0 Å². The molecule has 1 unspecified atom stereocenters. The van der Waals surface area contributed by atoms with E-state index in [0.717, 1.165) is 0 Å². The van der Waals surface area contributed by atoms with Gasteiger partial charge in [0.25, 0.3) is 0 Å². The second kappa shape index (κ2) is 6.76. The number of benzene rings is 1. The summed E-state index contributed by atoms with van der Waals surface area (Å²) < 4.78 is 26.4. The maximum Gasteiger partial charge on any atom is 0.308 e. The Morgan fingerprint density at radius 1 is 1.30 bits per heavy atom. The van der Waals surface area contributed by atoms with E-state index in [9.17, 15) is 13.2 Å². The van der Waals surface area contributed by atoms with Crippen LogP contribution >= 0.6 is 23.2 Å². The van der Waals surface area contributed by atoms with E-state index in [4.69, 9.17) is 28.3 Å². The summed E-state index contributed by atoms with van der Waals surface area (Å²) in [4.78, 5) is 11.0. The molecule has 0 saturated heterocycles. The van der Waals surface area contributed by atoms with Crippen molar-refractivity contribution < 1.29 is 18.3 Å². The van der Waals surface area contributed by atoms with E-state index in [1.165, 1.54) is 18.2 Å². The number of hydrogen-bond acceptors (Lipinski definition) is 3. The molecule has 1 aromatic carbocycles. The highest BCUT2D eigenvalue weighted by Crippen LogP contribution is 2.24. The van der Waals surface area contributed by atoms with Gasteiger partial charge in [-0.2, -0.15) is 0 Å². The number of rotatable bonds is 6. The Morgan fingerprint density at radius 2 is 1.90 bits per heavy atom. The molecule has 0 aliphatic rings. The summed E-state index contributed by atoms with van der Waals surface area (Å²) in [6.07, 6.45) is 0. The van der Waals surface area contributed by atoms with Crippen molar-refractivity contribution in [1.82, 2.24) is 4.72 Å². The fourth-order valence-electron chi connectivity index (χ4n) is 1.53. The molecule has 0 saturated carbocycles. The molecule has 0 aromatic heterocycles. The van der Waals surface area contributed by atoms with E-state index in [1.807, 2.05) is 0 Å². The normalized spacial score (nSPS) is 13.4. The molecule has 1 atom stereocenters. The van der Waals surface area contributed by atoms with Crippen LogP contribution in [0.4, 0.5) is 0 Å². The summed E-state index contributed by atoms with van der Waals surface area (Å²) in [6.45, 7) is 3.24. The van der Waals surface area contributed by atoms with Gasteiger partial charge < -0.3 is 5.11 Å². The summed E-state index contributed by atoms with van der Waals surface area (Å²) >= 11 is 11.5. The number of aliphatic carboxylic acids is 1. The van der Waals surface area contributed by atoms with Crippen molar-refractivity contribution in [3.05, 3.63) is 28.2 Å². The lowest BCUT2D eigenvalue weighted by Gasteiger charge is -2.16. The topological polar surface area (TPSA) is 83.5 Å². The van der Waals surface area contributed by atoms with Crippen LogP contribution in [0.3, 0.4) is 0 Å². The number of hydrogen-bond donors (Lipinski definition) is 2. The Kier molecular flexibility index (Phi) is 5.82. The summed E-state index contributed by atoms with van der Waals surface area (Å²) in [6, 6.07) is 3.90. The maximum atomic E-state index is 12.0. The molecule has 5 nitrogen and oxygen atoms in total. The summed E-state index contributed by atoms with van der Waals surface area (Å²) in [5, 5.41) is 9.38. The highest BCUT2D eigenvalue weighted by molar-refractivity contribution is 7.89. The van der Waals surface area contributed by atoms with Crippen LogP contribution in [-0.4, -0.2) is 26.0 Å². The molecule has 8 heteroatoms. The molecule has 0 aliphatic heterocycles. The first-order chi connectivity index (χ1) is 9.15. The SMILES string of the molecule is CC(C)C(CNS(=O)(=O)c1ccc(Cl)c(Cl)c1)C(=O)O. The third-order valence-electron chi connectivity index (χ3n) is 2.82. The molecule has 0 aliphatic carbocycles. The zero-order valence-electron chi connectivity index (χ0n) is 10.9. The molecule has 1 rings (SSSR count). The van der Waals surface area contributed by atoms with Crippen LogP contribution in [0.2, 0.25) is 10.0 Å². The lowest BCUT2D eigenvalue weighted by Crippen LogP contribution is -2.35. The molecule has 112 valence electrons. The zero-order chi connectivity index (χ0) is 15.5. The predicted octanol–water partition coefficient (Wildman–Crippen LogP) is 2.63. The lowest BCUT2D eigenvalue weighted by molar-refractivity contribution is -0.142. The van der Waals surface area contributed by atoms with Crippen molar-refractivity contribution in [3.8, 4) is 0 Å². The van der Waals surface area contributed by atoms with E-state index in [-0.39, 0.29) is 27.4 Å². The fourth-order valence-corrected chi connectivity index (χ4v) is 2.98. The number of carboxylic acid groups (broad SMARTS) is 1. The lowest BCUT2D eigenvalue weighted by atomic mass is 9.97. The summed E-state index contributed by atoms with van der Waals surface area (Å²) in [5.74, 6) is -2.03. The van der Waals surface area contributed by atoms with E-state index in [2.05, 4.69) is 4.72 Å². The summed E-state index contributed by atoms with van der Waals surface area (Å²) in [5.41, 5.74) is 0. The van der Waals surface area contributed by atoms with Gasteiger partial charge in [-0.25, -0.2) is 13.1 Å². The van der Waals surface area contributed by atoms with Crippen molar-refractivity contribution in [2.24, 2.45) is 11.8 Å². The summed E-state index contributed by atoms with van der Waals surface area (Å²) in [7, 11) is -3.82. The van der Waals surface area contributed by atoms with Crippen LogP contribution < -0.4 is 4.72 Å². The van der Waals surface area contributed by atoms with Crippen LogP contribution in [-0.2, 0) is 14.8 Å². The Hall–Kier alpha value is -0.820. The Labute approximate surface area is 127 Å². The number of halogens is 2. The van der Waals surface area contributed by atoms with Crippen LogP contribution in [0.25, 0.3) is 0 Å². The molecular weight excluding hydrogens is 325 g/mol. The maximum absolute atomic E-state index is 12.0. The van der Waals surface area contributed by atoms with Crippen LogP contribution in [0, 0.1) is 11.8 Å². The van der Waals surface area contributed by atoms with E-state index < -0.39 is 21.9 Å². The number of carbonyl (C=O) groups is 1. The average molecular weight is 340 g/mol. The van der Waals surface area contributed by atoms with E-state index in [1.54, 1.807) is 13.8 Å². The first-order valence-corrected chi connectivity index (χ1v) is 8.06. The standard InChI is InChI=1S/C12H15Cl2NO4S/c1-7(2)9(12(16)17)6-15-20(18,19)8-3-4-10(13)11(14)5-8/h3-5,7,9,15H,6H2,1-2H3,(H,16,17). The number of nitrogens with one attached hydrogen (secondary N) is 1. The van der Waals surface area contributed by atoms with Crippen molar-refractivity contribution >= 4 is 39.2 Å². The van der Waals surface area contributed by atoms with Gasteiger partial charge in [-0.3, -0.25) is 4.79 Å². The van der Waals surface area contributed by atoms with Gasteiger partial charge in [0.1, 0.15) is 0 Å². The molecule has 0 spiro atoms. The average Bonchev–Trinajstić information content (AvgIpc) is 2.31. The van der Waals surface area contributed by atoms with Crippen LogP contribution in [0.1, 0.15) is 13.8 Å². The zero-order valence-corrected chi connectivity index (χ0v) is 13.3. The molecule has 0 heterocycles. The minimum Gasteiger partial charge on any atom is -0.481 e. The molecule has 0 radical (unpaired) electrons. The van der Waals surface area contributed by atoms with Gasteiger partial charge >= 0.3 is 5.97 Å². The van der Waals surface area contributed by atoms with Crippen LogP contribution in [0.5, 0.6) is 0 Å². The minimum atomic E-state index is -3.82. The Bertz CT molecular complexity index is 601. The quantitative estimate of drug-likeness (QED) is 0.834. The molecular formula is C12H15Cl2NO4S. The van der Waals surface area contributed by atoms with Crippen LogP contribution in [0.15, 0.2) is 23.1 Å². The number of sulfonamides is 1. The highest BCUT2D eigenvalue weighted by atomic mass is 35.5. The van der Waals surface area contributed by atoms with Gasteiger partial charge in [-0.15, -0.1) is 0 Å². The van der Waals surface area contributed by atoms with Gasteiger partial charge in [0.15, 0.2) is 0 Å². The minimum absolute atomic E-state index is 0.0557. The Morgan fingerprint density at radius 3 is 2.35 bits per heavy atom. The van der Waals surface area contributed by atoms with Gasteiger partial charge in [0.05, 0.1) is 20.9 Å². The fraction of sp³-hybridized carbons (Fsp3) is 0.417. The molecule has 0 amide bonds. The molecule has 0 bridgehead atoms. The van der Waals surface area contributed by atoms with Gasteiger partial charge in [-0.1, -0.05) is 37.0 Å². The highest BCUT2D eigenvalue weighted by Gasteiger charge is 2.24. The second-order valence-corrected chi connectivity index (χ2v) is 7.20. The van der Waals surface area contributed by atoms with Gasteiger partial charge in [-0.05, 0) is 24.1 Å².